The second kappa shape index (κ2) is 6.39. The summed E-state index contributed by atoms with van der Waals surface area (Å²) >= 11 is 0. The lowest BCUT2D eigenvalue weighted by molar-refractivity contribution is -0.151. The van der Waals surface area contributed by atoms with Gasteiger partial charge in [-0.05, 0) is 13.5 Å². The third-order valence-corrected chi connectivity index (χ3v) is 3.98. The first-order chi connectivity index (χ1) is 8.99. The number of alkyl halides is 3. The zero-order valence-corrected chi connectivity index (χ0v) is 11.2. The van der Waals surface area contributed by atoms with Crippen LogP contribution in [0.1, 0.15) is 6.42 Å². The Balaban J connectivity index is 1.82. The van der Waals surface area contributed by atoms with E-state index in [1.54, 1.807) is 0 Å². The molecular weight excluding hydrogens is 259 g/mol. The average Bonchev–Trinajstić information content (AvgIpc) is 2.38. The Labute approximate surface area is 111 Å². The van der Waals surface area contributed by atoms with Crippen molar-refractivity contribution in [2.24, 2.45) is 0 Å². The van der Waals surface area contributed by atoms with Crippen LogP contribution in [0, 0.1) is 0 Å². The molecule has 0 aliphatic carbocycles. The molecule has 19 heavy (non-hydrogen) atoms. The molecule has 2 unspecified atom stereocenters. The second-order valence-electron chi connectivity index (χ2n) is 5.25. The normalized spacial score (nSPS) is 31.6. The number of ether oxygens (including phenoxy) is 1. The molecule has 0 aromatic heterocycles. The van der Waals surface area contributed by atoms with E-state index in [2.05, 4.69) is 10.2 Å². The number of halogens is 3. The average molecular weight is 281 g/mol. The van der Waals surface area contributed by atoms with Crippen molar-refractivity contribution in [3.63, 3.8) is 0 Å². The van der Waals surface area contributed by atoms with Crippen LogP contribution < -0.4 is 5.32 Å². The quantitative estimate of drug-likeness (QED) is 0.817. The van der Waals surface area contributed by atoms with E-state index in [-0.39, 0.29) is 6.04 Å². The maximum Gasteiger partial charge on any atom is 0.401 e. The maximum absolute atomic E-state index is 12.3. The van der Waals surface area contributed by atoms with E-state index in [0.717, 1.165) is 13.0 Å². The van der Waals surface area contributed by atoms with Gasteiger partial charge >= 0.3 is 6.18 Å². The van der Waals surface area contributed by atoms with Crippen LogP contribution in [0.4, 0.5) is 13.2 Å². The minimum Gasteiger partial charge on any atom is -0.380 e. The molecule has 2 fully saturated rings. The SMILES string of the molecule is CNC1CCOCC1N1CCN(CC(F)(F)F)CC1. The van der Waals surface area contributed by atoms with Gasteiger partial charge in [0.25, 0.3) is 0 Å². The first-order valence-corrected chi connectivity index (χ1v) is 6.78. The first-order valence-electron chi connectivity index (χ1n) is 6.78. The fourth-order valence-corrected chi connectivity index (χ4v) is 2.93. The summed E-state index contributed by atoms with van der Waals surface area (Å²) in [7, 11) is 1.93. The number of nitrogens with one attached hydrogen (secondary N) is 1. The lowest BCUT2D eigenvalue weighted by Gasteiger charge is -2.44. The molecule has 2 atom stereocenters. The van der Waals surface area contributed by atoms with Crippen molar-refractivity contribution < 1.29 is 17.9 Å². The van der Waals surface area contributed by atoms with Crippen LogP contribution in [-0.4, -0.2) is 81.0 Å². The fraction of sp³-hybridized carbons (Fsp3) is 1.00. The number of nitrogens with zero attached hydrogens (tertiary/aromatic N) is 2. The van der Waals surface area contributed by atoms with E-state index < -0.39 is 12.7 Å². The van der Waals surface area contributed by atoms with E-state index >= 15 is 0 Å². The fourth-order valence-electron chi connectivity index (χ4n) is 2.93. The molecule has 0 saturated carbocycles. The van der Waals surface area contributed by atoms with Crippen molar-refractivity contribution in [1.29, 1.82) is 0 Å². The minimum atomic E-state index is -4.09. The Morgan fingerprint density at radius 2 is 1.89 bits per heavy atom. The van der Waals surface area contributed by atoms with Crippen LogP contribution >= 0.6 is 0 Å². The predicted octanol–water partition coefficient (Wildman–Crippen LogP) is 0.543. The highest BCUT2D eigenvalue weighted by atomic mass is 19.4. The van der Waals surface area contributed by atoms with Crippen LogP contribution in [0.2, 0.25) is 0 Å². The molecule has 2 rings (SSSR count). The molecule has 0 radical (unpaired) electrons. The molecule has 0 bridgehead atoms. The molecular formula is C12H22F3N3O. The third kappa shape index (κ3) is 4.30. The van der Waals surface area contributed by atoms with Gasteiger partial charge in [0.2, 0.25) is 0 Å². The molecule has 4 nitrogen and oxygen atoms in total. The molecule has 0 spiro atoms. The van der Waals surface area contributed by atoms with Crippen LogP contribution in [0.3, 0.4) is 0 Å². The lowest BCUT2D eigenvalue weighted by atomic mass is 10.0. The second-order valence-corrected chi connectivity index (χ2v) is 5.25. The van der Waals surface area contributed by atoms with Crippen LogP contribution in [-0.2, 0) is 4.74 Å². The Morgan fingerprint density at radius 3 is 2.47 bits per heavy atom. The monoisotopic (exact) mass is 281 g/mol. The Bertz CT molecular complexity index is 280. The van der Waals surface area contributed by atoms with Crippen molar-refractivity contribution in [2.45, 2.75) is 24.7 Å². The molecule has 0 aromatic rings. The predicted molar refractivity (Wildman–Crippen MR) is 66.1 cm³/mol. The van der Waals surface area contributed by atoms with Crippen LogP contribution in [0.15, 0.2) is 0 Å². The summed E-state index contributed by atoms with van der Waals surface area (Å²) in [5, 5.41) is 3.29. The molecule has 0 amide bonds. The largest absolute Gasteiger partial charge is 0.401 e. The van der Waals surface area contributed by atoms with Gasteiger partial charge in [-0.3, -0.25) is 9.80 Å². The topological polar surface area (TPSA) is 27.7 Å². The zero-order chi connectivity index (χ0) is 13.9. The third-order valence-electron chi connectivity index (χ3n) is 3.98. The van der Waals surface area contributed by atoms with Crippen molar-refractivity contribution in [3.05, 3.63) is 0 Å². The number of rotatable bonds is 3. The van der Waals surface area contributed by atoms with Crippen LogP contribution in [0.25, 0.3) is 0 Å². The van der Waals surface area contributed by atoms with Crippen molar-refractivity contribution in [1.82, 2.24) is 15.1 Å². The lowest BCUT2D eigenvalue weighted by Crippen LogP contribution is -2.60. The maximum atomic E-state index is 12.3. The standard InChI is InChI=1S/C12H22F3N3O/c1-16-10-2-7-19-8-11(10)18-5-3-17(4-6-18)9-12(13,14)15/h10-11,16H,2-9H2,1H3. The summed E-state index contributed by atoms with van der Waals surface area (Å²) in [6.45, 7) is 2.96. The number of hydrogen-bond donors (Lipinski definition) is 1. The number of likely N-dealkylation sites (N-methyl/N-ethyl adjacent to an activating group) is 1. The molecule has 1 N–H and O–H groups in total. The molecule has 0 aromatic carbocycles. The number of piperazine rings is 1. The van der Waals surface area contributed by atoms with E-state index in [1.165, 1.54) is 4.90 Å². The van der Waals surface area contributed by atoms with E-state index in [9.17, 15) is 13.2 Å². The van der Waals surface area contributed by atoms with Gasteiger partial charge < -0.3 is 10.1 Å². The summed E-state index contributed by atoms with van der Waals surface area (Å²) in [5.41, 5.74) is 0. The van der Waals surface area contributed by atoms with Gasteiger partial charge in [0, 0.05) is 44.9 Å². The molecule has 2 aliphatic rings. The van der Waals surface area contributed by atoms with Gasteiger partial charge in [-0.2, -0.15) is 13.2 Å². The van der Waals surface area contributed by atoms with Crippen LogP contribution in [0.5, 0.6) is 0 Å². The van der Waals surface area contributed by atoms with Gasteiger partial charge in [-0.25, -0.2) is 0 Å². The Hall–Kier alpha value is -0.370. The molecule has 2 saturated heterocycles. The van der Waals surface area contributed by atoms with Crippen molar-refractivity contribution >= 4 is 0 Å². The highest BCUT2D eigenvalue weighted by Crippen LogP contribution is 2.20. The molecule has 112 valence electrons. The molecule has 2 aliphatic heterocycles. The summed E-state index contributed by atoms with van der Waals surface area (Å²) in [5.74, 6) is 0. The summed E-state index contributed by atoms with van der Waals surface area (Å²) in [6, 6.07) is 0.662. The molecule has 2 heterocycles. The van der Waals surface area contributed by atoms with E-state index in [0.29, 0.717) is 38.8 Å². The zero-order valence-electron chi connectivity index (χ0n) is 11.2. The van der Waals surface area contributed by atoms with Gasteiger partial charge in [0.15, 0.2) is 0 Å². The Kier molecular flexibility index (Phi) is 5.05. The summed E-state index contributed by atoms with van der Waals surface area (Å²) in [6.07, 6.45) is -3.13. The highest BCUT2D eigenvalue weighted by molar-refractivity contribution is 4.89. The Morgan fingerprint density at radius 1 is 1.21 bits per heavy atom. The van der Waals surface area contributed by atoms with Gasteiger partial charge in [0.05, 0.1) is 13.2 Å². The van der Waals surface area contributed by atoms with Gasteiger partial charge in [-0.1, -0.05) is 0 Å². The van der Waals surface area contributed by atoms with Crippen molar-refractivity contribution in [2.75, 3.05) is 53.0 Å². The van der Waals surface area contributed by atoms with E-state index in [4.69, 9.17) is 4.74 Å². The highest BCUT2D eigenvalue weighted by Gasteiger charge is 2.35. The van der Waals surface area contributed by atoms with Gasteiger partial charge in [-0.15, -0.1) is 0 Å². The molecule has 7 heteroatoms. The summed E-state index contributed by atoms with van der Waals surface area (Å²) in [4.78, 5) is 3.74. The minimum absolute atomic E-state index is 0.284. The summed E-state index contributed by atoms with van der Waals surface area (Å²) < 4.78 is 42.5. The van der Waals surface area contributed by atoms with Crippen molar-refractivity contribution in [3.8, 4) is 0 Å². The van der Waals surface area contributed by atoms with E-state index in [1.807, 2.05) is 7.05 Å². The first kappa shape index (κ1) is 15.0. The smallest absolute Gasteiger partial charge is 0.380 e. The van der Waals surface area contributed by atoms with Gasteiger partial charge in [0.1, 0.15) is 0 Å². The number of hydrogen-bond acceptors (Lipinski definition) is 4.